The van der Waals surface area contributed by atoms with Crippen LogP contribution in [0.25, 0.3) is 0 Å². The summed E-state index contributed by atoms with van der Waals surface area (Å²) in [5.74, 6) is 1.86. The van der Waals surface area contributed by atoms with E-state index in [4.69, 9.17) is 4.42 Å². The average molecular weight is 208 g/mol. The largest absolute Gasteiger partial charge is 0.469 e. The van der Waals surface area contributed by atoms with E-state index in [1.165, 1.54) is 13.0 Å². The van der Waals surface area contributed by atoms with Gasteiger partial charge in [-0.25, -0.2) is 0 Å². The Labute approximate surface area is 91.2 Å². The second-order valence-electron chi connectivity index (χ2n) is 4.33. The Kier molecular flexibility index (Phi) is 3.80. The summed E-state index contributed by atoms with van der Waals surface area (Å²) in [6.45, 7) is 5.57. The van der Waals surface area contributed by atoms with Gasteiger partial charge in [0, 0.05) is 19.0 Å². The molecule has 0 spiro atoms. The fourth-order valence-electron chi connectivity index (χ4n) is 2.15. The lowest BCUT2D eigenvalue weighted by Gasteiger charge is -2.15. The minimum Gasteiger partial charge on any atom is -0.469 e. The van der Waals surface area contributed by atoms with Crippen LogP contribution in [0.15, 0.2) is 22.8 Å². The lowest BCUT2D eigenvalue weighted by atomic mass is 10.0. The first-order valence-corrected chi connectivity index (χ1v) is 5.83. The minimum absolute atomic E-state index is 0.668. The van der Waals surface area contributed by atoms with E-state index in [1.807, 2.05) is 12.1 Å². The molecule has 0 saturated carbocycles. The van der Waals surface area contributed by atoms with Gasteiger partial charge in [-0.15, -0.1) is 0 Å². The van der Waals surface area contributed by atoms with E-state index in [2.05, 4.69) is 17.6 Å². The fraction of sp³-hybridized carbons (Fsp3) is 0.667. The van der Waals surface area contributed by atoms with Crippen LogP contribution >= 0.6 is 0 Å². The highest BCUT2D eigenvalue weighted by Gasteiger charge is 2.21. The van der Waals surface area contributed by atoms with Gasteiger partial charge in [0.05, 0.1) is 6.26 Å². The molecule has 15 heavy (non-hydrogen) atoms. The predicted octanol–water partition coefficient (Wildman–Crippen LogP) is 1.41. The Bertz CT molecular complexity index is 271. The standard InChI is InChI=1S/C12H20N2O/c1-10-11(4-7-14-10)9-13-6-5-12-3-2-8-15-12/h2-3,8,10-11,13-14H,4-7,9H2,1H3. The van der Waals surface area contributed by atoms with E-state index < -0.39 is 0 Å². The van der Waals surface area contributed by atoms with Crippen LogP contribution in [0.1, 0.15) is 19.1 Å². The second-order valence-corrected chi connectivity index (χ2v) is 4.33. The minimum atomic E-state index is 0.668. The molecule has 0 aromatic carbocycles. The maximum atomic E-state index is 5.27. The zero-order valence-electron chi connectivity index (χ0n) is 9.33. The van der Waals surface area contributed by atoms with Gasteiger partial charge in [-0.3, -0.25) is 0 Å². The first-order valence-electron chi connectivity index (χ1n) is 5.83. The molecule has 1 aliphatic rings. The molecule has 3 heteroatoms. The maximum Gasteiger partial charge on any atom is 0.105 e. The van der Waals surface area contributed by atoms with E-state index in [0.29, 0.717) is 6.04 Å². The zero-order chi connectivity index (χ0) is 10.5. The molecule has 84 valence electrons. The molecule has 0 radical (unpaired) electrons. The van der Waals surface area contributed by atoms with Crippen molar-refractivity contribution in [3.63, 3.8) is 0 Å². The smallest absolute Gasteiger partial charge is 0.105 e. The maximum absolute atomic E-state index is 5.27. The highest BCUT2D eigenvalue weighted by Crippen LogP contribution is 2.13. The summed E-state index contributed by atoms with van der Waals surface area (Å²) in [6.07, 6.45) is 4.02. The molecule has 1 aromatic heterocycles. The molecule has 2 heterocycles. The predicted molar refractivity (Wildman–Crippen MR) is 60.9 cm³/mol. The topological polar surface area (TPSA) is 37.2 Å². The molecule has 3 nitrogen and oxygen atoms in total. The highest BCUT2D eigenvalue weighted by atomic mass is 16.3. The monoisotopic (exact) mass is 208 g/mol. The van der Waals surface area contributed by atoms with E-state index in [0.717, 1.165) is 31.2 Å². The molecule has 1 saturated heterocycles. The van der Waals surface area contributed by atoms with E-state index >= 15 is 0 Å². The highest BCUT2D eigenvalue weighted by molar-refractivity contribution is 4.98. The molecule has 1 aromatic rings. The fourth-order valence-corrected chi connectivity index (χ4v) is 2.15. The molecule has 1 aliphatic heterocycles. The van der Waals surface area contributed by atoms with Crippen molar-refractivity contribution in [1.82, 2.24) is 10.6 Å². The molecular formula is C12H20N2O. The molecule has 2 unspecified atom stereocenters. The zero-order valence-corrected chi connectivity index (χ0v) is 9.33. The quantitative estimate of drug-likeness (QED) is 0.718. The molecule has 2 atom stereocenters. The summed E-state index contributed by atoms with van der Waals surface area (Å²) in [4.78, 5) is 0. The third-order valence-corrected chi connectivity index (χ3v) is 3.22. The first kappa shape index (κ1) is 10.7. The molecule has 2 N–H and O–H groups in total. The Morgan fingerprint density at radius 2 is 2.53 bits per heavy atom. The van der Waals surface area contributed by atoms with Gasteiger partial charge < -0.3 is 15.1 Å². The van der Waals surface area contributed by atoms with E-state index in [1.54, 1.807) is 6.26 Å². The van der Waals surface area contributed by atoms with Crippen molar-refractivity contribution in [2.75, 3.05) is 19.6 Å². The van der Waals surface area contributed by atoms with Crippen LogP contribution in [0.4, 0.5) is 0 Å². The third-order valence-electron chi connectivity index (χ3n) is 3.22. The van der Waals surface area contributed by atoms with Gasteiger partial charge in [0.25, 0.3) is 0 Å². The van der Waals surface area contributed by atoms with E-state index in [9.17, 15) is 0 Å². The summed E-state index contributed by atoms with van der Waals surface area (Å²) in [5.41, 5.74) is 0. The Hall–Kier alpha value is -0.800. The molecular weight excluding hydrogens is 188 g/mol. The van der Waals surface area contributed by atoms with Crippen molar-refractivity contribution < 1.29 is 4.42 Å². The van der Waals surface area contributed by atoms with Crippen molar-refractivity contribution in [2.45, 2.75) is 25.8 Å². The SMILES string of the molecule is CC1NCCC1CNCCc1ccco1. The van der Waals surface area contributed by atoms with Crippen LogP contribution in [0.3, 0.4) is 0 Å². The first-order chi connectivity index (χ1) is 7.36. The summed E-state index contributed by atoms with van der Waals surface area (Å²) in [7, 11) is 0. The van der Waals surface area contributed by atoms with Crippen LogP contribution in [0.5, 0.6) is 0 Å². The van der Waals surface area contributed by atoms with Gasteiger partial charge >= 0.3 is 0 Å². The number of rotatable bonds is 5. The Morgan fingerprint density at radius 3 is 3.20 bits per heavy atom. The van der Waals surface area contributed by atoms with Gasteiger partial charge in [-0.05, 0) is 44.5 Å². The lowest BCUT2D eigenvalue weighted by Crippen LogP contribution is -2.31. The van der Waals surface area contributed by atoms with Crippen molar-refractivity contribution in [3.05, 3.63) is 24.2 Å². The van der Waals surface area contributed by atoms with Crippen LogP contribution in [0, 0.1) is 5.92 Å². The molecule has 2 rings (SSSR count). The number of hydrogen-bond donors (Lipinski definition) is 2. The van der Waals surface area contributed by atoms with Gasteiger partial charge in [-0.2, -0.15) is 0 Å². The van der Waals surface area contributed by atoms with Crippen LogP contribution in [0.2, 0.25) is 0 Å². The van der Waals surface area contributed by atoms with Crippen molar-refractivity contribution >= 4 is 0 Å². The molecule has 0 amide bonds. The molecule has 0 bridgehead atoms. The van der Waals surface area contributed by atoms with Crippen molar-refractivity contribution in [1.29, 1.82) is 0 Å². The number of furan rings is 1. The van der Waals surface area contributed by atoms with Crippen molar-refractivity contribution in [2.24, 2.45) is 5.92 Å². The third kappa shape index (κ3) is 3.08. The summed E-state index contributed by atoms with van der Waals surface area (Å²) in [6, 6.07) is 4.64. The Morgan fingerprint density at radius 1 is 1.60 bits per heavy atom. The average Bonchev–Trinajstić information content (AvgIpc) is 2.85. The van der Waals surface area contributed by atoms with E-state index in [-0.39, 0.29) is 0 Å². The van der Waals surface area contributed by atoms with Gasteiger partial charge in [0.15, 0.2) is 0 Å². The van der Waals surface area contributed by atoms with Crippen LogP contribution < -0.4 is 10.6 Å². The summed E-state index contributed by atoms with van der Waals surface area (Å²) in [5, 5.41) is 6.96. The molecule has 0 aliphatic carbocycles. The van der Waals surface area contributed by atoms with Gasteiger partial charge in [-0.1, -0.05) is 0 Å². The van der Waals surface area contributed by atoms with Gasteiger partial charge in [0.2, 0.25) is 0 Å². The normalized spacial score (nSPS) is 25.9. The second kappa shape index (κ2) is 5.33. The number of hydrogen-bond acceptors (Lipinski definition) is 3. The van der Waals surface area contributed by atoms with Crippen LogP contribution in [-0.4, -0.2) is 25.7 Å². The molecule has 1 fully saturated rings. The number of nitrogens with one attached hydrogen (secondary N) is 2. The van der Waals surface area contributed by atoms with Crippen LogP contribution in [-0.2, 0) is 6.42 Å². The Balaban J connectivity index is 1.59. The lowest BCUT2D eigenvalue weighted by molar-refractivity contribution is 0.432. The summed E-state index contributed by atoms with van der Waals surface area (Å²) < 4.78 is 5.27. The van der Waals surface area contributed by atoms with Crippen molar-refractivity contribution in [3.8, 4) is 0 Å². The van der Waals surface area contributed by atoms with Gasteiger partial charge in [0.1, 0.15) is 5.76 Å². The summed E-state index contributed by atoms with van der Waals surface area (Å²) >= 11 is 0.